The number of pyridine rings is 1. The van der Waals surface area contributed by atoms with Crippen LogP contribution in [0, 0.1) is 9.49 Å². The molecule has 0 spiro atoms. The number of hydrogen-bond acceptors (Lipinski definition) is 4. The van der Waals surface area contributed by atoms with Crippen molar-refractivity contribution in [1.29, 1.82) is 0 Å². The molecule has 3 N–H and O–H groups in total. The summed E-state index contributed by atoms with van der Waals surface area (Å²) in [7, 11) is 0. The Bertz CT molecular complexity index is 674. The number of aliphatic hydroxyl groups excluding tert-OH is 1. The molecule has 0 fully saturated rings. The standard InChI is InChI=1S/C18H21IN2O2/c1-12(14(11-22)13-7-4-3-5-8-13)18(2,20)17(23)16-15(19)9-6-10-21-16/h3-10,12,14,22H,11,20H2,1-2H3/t12?,14?,18-/m1/s1. The van der Waals surface area contributed by atoms with Crippen molar-refractivity contribution >= 4 is 28.4 Å². The Kier molecular flexibility index (Phi) is 5.89. The lowest BCUT2D eigenvalue weighted by Crippen LogP contribution is -2.53. The van der Waals surface area contributed by atoms with E-state index in [0.717, 1.165) is 9.13 Å². The molecule has 3 atom stereocenters. The van der Waals surface area contributed by atoms with Gasteiger partial charge in [0, 0.05) is 15.7 Å². The first-order chi connectivity index (χ1) is 10.9. The summed E-state index contributed by atoms with van der Waals surface area (Å²) in [6.45, 7) is 3.56. The summed E-state index contributed by atoms with van der Waals surface area (Å²) < 4.78 is 0.777. The number of aliphatic hydroxyl groups is 1. The van der Waals surface area contributed by atoms with Crippen LogP contribution in [0.4, 0.5) is 0 Å². The molecule has 122 valence electrons. The zero-order valence-electron chi connectivity index (χ0n) is 13.2. The molecule has 0 saturated carbocycles. The lowest BCUT2D eigenvalue weighted by Gasteiger charge is -2.35. The molecule has 1 heterocycles. The molecule has 0 bridgehead atoms. The number of carbonyl (C=O) groups excluding carboxylic acids is 1. The number of rotatable bonds is 6. The number of hydrogen-bond donors (Lipinski definition) is 2. The van der Waals surface area contributed by atoms with Crippen LogP contribution in [0.3, 0.4) is 0 Å². The zero-order valence-corrected chi connectivity index (χ0v) is 15.4. The minimum atomic E-state index is -1.13. The predicted octanol–water partition coefficient (Wildman–Crippen LogP) is 3.00. The van der Waals surface area contributed by atoms with Crippen LogP contribution in [0.5, 0.6) is 0 Å². The lowest BCUT2D eigenvalue weighted by atomic mass is 9.73. The van der Waals surface area contributed by atoms with Gasteiger partial charge in [-0.15, -0.1) is 0 Å². The van der Waals surface area contributed by atoms with Crippen LogP contribution in [0.15, 0.2) is 48.7 Å². The van der Waals surface area contributed by atoms with Gasteiger partial charge in [0.05, 0.1) is 12.1 Å². The quantitative estimate of drug-likeness (QED) is 0.552. The van der Waals surface area contributed by atoms with Crippen LogP contribution in [0.2, 0.25) is 0 Å². The van der Waals surface area contributed by atoms with Crippen LogP contribution in [-0.2, 0) is 0 Å². The molecular formula is C18H21IN2O2. The molecule has 2 aromatic rings. The van der Waals surface area contributed by atoms with Crippen molar-refractivity contribution in [2.45, 2.75) is 25.3 Å². The number of benzene rings is 1. The summed E-state index contributed by atoms with van der Waals surface area (Å²) in [5.41, 5.74) is 6.65. The van der Waals surface area contributed by atoms with Crippen molar-refractivity contribution in [3.8, 4) is 0 Å². The summed E-state index contributed by atoms with van der Waals surface area (Å²) in [6.07, 6.45) is 1.59. The van der Waals surface area contributed by atoms with Gasteiger partial charge in [-0.25, -0.2) is 0 Å². The predicted molar refractivity (Wildman–Crippen MR) is 99.3 cm³/mol. The molecule has 1 aromatic heterocycles. The van der Waals surface area contributed by atoms with Crippen molar-refractivity contribution in [1.82, 2.24) is 4.98 Å². The third-order valence-electron chi connectivity index (χ3n) is 4.44. The first-order valence-electron chi connectivity index (χ1n) is 7.49. The maximum absolute atomic E-state index is 12.9. The topological polar surface area (TPSA) is 76.2 Å². The van der Waals surface area contributed by atoms with Crippen LogP contribution < -0.4 is 5.73 Å². The van der Waals surface area contributed by atoms with E-state index in [-0.39, 0.29) is 24.2 Å². The van der Waals surface area contributed by atoms with Gasteiger partial charge in [0.15, 0.2) is 0 Å². The highest BCUT2D eigenvalue weighted by atomic mass is 127. The Morgan fingerprint density at radius 2 is 1.96 bits per heavy atom. The second-order valence-corrected chi connectivity index (χ2v) is 7.10. The molecule has 0 aliphatic rings. The van der Waals surface area contributed by atoms with Gasteiger partial charge in [0.25, 0.3) is 0 Å². The molecule has 2 unspecified atom stereocenters. The SMILES string of the molecule is CC(C(CO)c1ccccc1)[C@@](C)(N)C(=O)c1ncccc1I. The van der Waals surface area contributed by atoms with Gasteiger partial charge in [-0.1, -0.05) is 37.3 Å². The fourth-order valence-electron chi connectivity index (χ4n) is 2.69. The van der Waals surface area contributed by atoms with E-state index in [0.29, 0.717) is 5.69 Å². The first kappa shape index (κ1) is 18.0. The number of Topliss-reactive ketones (excluding diaryl/α,β-unsaturated/α-hetero) is 1. The number of carbonyl (C=O) groups is 1. The average Bonchev–Trinajstić information content (AvgIpc) is 2.56. The number of nitrogens with two attached hydrogens (primary N) is 1. The maximum atomic E-state index is 12.9. The molecule has 0 saturated heterocycles. The van der Waals surface area contributed by atoms with E-state index in [1.165, 1.54) is 0 Å². The third-order valence-corrected chi connectivity index (χ3v) is 5.31. The van der Waals surface area contributed by atoms with E-state index in [9.17, 15) is 9.90 Å². The van der Waals surface area contributed by atoms with E-state index < -0.39 is 5.54 Å². The summed E-state index contributed by atoms with van der Waals surface area (Å²) in [5, 5.41) is 9.84. The van der Waals surface area contributed by atoms with E-state index >= 15 is 0 Å². The highest BCUT2D eigenvalue weighted by Crippen LogP contribution is 2.33. The van der Waals surface area contributed by atoms with Crippen molar-refractivity contribution < 1.29 is 9.90 Å². The minimum absolute atomic E-state index is 0.0649. The van der Waals surface area contributed by atoms with Crippen LogP contribution in [-0.4, -0.2) is 28.0 Å². The largest absolute Gasteiger partial charge is 0.396 e. The van der Waals surface area contributed by atoms with Gasteiger partial charge in [-0.05, 0) is 53.1 Å². The fourth-order valence-corrected chi connectivity index (χ4v) is 3.28. The van der Waals surface area contributed by atoms with Gasteiger partial charge >= 0.3 is 0 Å². The summed E-state index contributed by atoms with van der Waals surface area (Å²) >= 11 is 2.09. The van der Waals surface area contributed by atoms with Crippen LogP contribution in [0.25, 0.3) is 0 Å². The molecule has 0 amide bonds. The molecule has 23 heavy (non-hydrogen) atoms. The average molecular weight is 424 g/mol. The lowest BCUT2D eigenvalue weighted by molar-refractivity contribution is 0.0806. The van der Waals surface area contributed by atoms with Crippen molar-refractivity contribution in [2.24, 2.45) is 11.7 Å². The zero-order chi connectivity index (χ0) is 17.0. The number of aromatic nitrogens is 1. The van der Waals surface area contributed by atoms with Crippen molar-refractivity contribution in [2.75, 3.05) is 6.61 Å². The Hall–Kier alpha value is -1.31. The van der Waals surface area contributed by atoms with Crippen LogP contribution in [0.1, 0.15) is 35.8 Å². The van der Waals surface area contributed by atoms with E-state index in [1.807, 2.05) is 43.3 Å². The molecule has 0 radical (unpaired) electrons. The number of ketones is 1. The summed E-state index contributed by atoms with van der Waals surface area (Å²) in [5.74, 6) is -0.666. The third kappa shape index (κ3) is 3.79. The normalized spacial score (nSPS) is 16.4. The molecule has 0 aliphatic heterocycles. The second kappa shape index (κ2) is 7.51. The molecule has 4 nitrogen and oxygen atoms in total. The van der Waals surface area contributed by atoms with Gasteiger partial charge in [-0.3, -0.25) is 9.78 Å². The number of halogens is 1. The van der Waals surface area contributed by atoms with Crippen molar-refractivity contribution in [3.63, 3.8) is 0 Å². The highest BCUT2D eigenvalue weighted by molar-refractivity contribution is 14.1. The number of nitrogens with zero attached hydrogens (tertiary/aromatic N) is 1. The second-order valence-electron chi connectivity index (χ2n) is 5.93. The Balaban J connectivity index is 2.34. The highest BCUT2D eigenvalue weighted by Gasteiger charge is 2.41. The monoisotopic (exact) mass is 424 g/mol. The van der Waals surface area contributed by atoms with E-state index in [4.69, 9.17) is 5.73 Å². The molecule has 5 heteroatoms. The first-order valence-corrected chi connectivity index (χ1v) is 8.57. The Morgan fingerprint density at radius 1 is 1.30 bits per heavy atom. The summed E-state index contributed by atoms with van der Waals surface area (Å²) in [4.78, 5) is 17.1. The molecular weight excluding hydrogens is 403 g/mol. The van der Waals surface area contributed by atoms with Crippen molar-refractivity contribution in [3.05, 3.63) is 63.5 Å². The maximum Gasteiger partial charge on any atom is 0.202 e. The summed E-state index contributed by atoms with van der Waals surface area (Å²) in [6, 6.07) is 13.3. The van der Waals surface area contributed by atoms with E-state index in [1.54, 1.807) is 19.2 Å². The Morgan fingerprint density at radius 3 is 2.52 bits per heavy atom. The minimum Gasteiger partial charge on any atom is -0.396 e. The molecule has 1 aromatic carbocycles. The van der Waals surface area contributed by atoms with Gasteiger partial charge < -0.3 is 10.8 Å². The van der Waals surface area contributed by atoms with Gasteiger partial charge in [0.2, 0.25) is 5.78 Å². The van der Waals surface area contributed by atoms with Gasteiger partial charge in [0.1, 0.15) is 5.69 Å². The van der Waals surface area contributed by atoms with Gasteiger partial charge in [-0.2, -0.15) is 0 Å². The Labute approximate surface area is 150 Å². The van der Waals surface area contributed by atoms with E-state index in [2.05, 4.69) is 27.6 Å². The smallest absolute Gasteiger partial charge is 0.202 e. The molecule has 2 rings (SSSR count). The van der Waals surface area contributed by atoms with Crippen LogP contribution >= 0.6 is 22.6 Å². The fraction of sp³-hybridized carbons (Fsp3) is 0.333. The molecule has 0 aliphatic carbocycles.